The number of ether oxygens (including phenoxy) is 1. The number of rotatable bonds is 9. The van der Waals surface area contributed by atoms with Crippen LogP contribution < -0.4 is 10.1 Å². The Labute approximate surface area is 216 Å². The van der Waals surface area contributed by atoms with Gasteiger partial charge in [-0.25, -0.2) is 4.68 Å². The van der Waals surface area contributed by atoms with Crippen LogP contribution in [0.2, 0.25) is 0 Å². The van der Waals surface area contributed by atoms with Crippen LogP contribution in [0.5, 0.6) is 5.75 Å². The molecule has 3 aromatic rings. The lowest BCUT2D eigenvalue weighted by atomic mass is 9.99. The van der Waals surface area contributed by atoms with E-state index in [0.29, 0.717) is 30.1 Å². The van der Waals surface area contributed by atoms with E-state index >= 15 is 0 Å². The quantitative estimate of drug-likeness (QED) is 0.448. The van der Waals surface area contributed by atoms with Crippen molar-refractivity contribution in [2.45, 2.75) is 39.1 Å². The molecule has 0 saturated heterocycles. The molecule has 0 saturated carbocycles. The number of aliphatic hydroxyl groups is 1. The summed E-state index contributed by atoms with van der Waals surface area (Å²) in [7, 11) is 2.05. The minimum Gasteiger partial charge on any atom is -0.488 e. The topological polar surface area (TPSA) is 126 Å². The summed E-state index contributed by atoms with van der Waals surface area (Å²) in [4.78, 5) is 29.9. The van der Waals surface area contributed by atoms with E-state index in [4.69, 9.17) is 4.74 Å². The van der Waals surface area contributed by atoms with Gasteiger partial charge in [0.15, 0.2) is 0 Å². The second kappa shape index (κ2) is 11.9. The van der Waals surface area contributed by atoms with E-state index < -0.39 is 0 Å². The third-order valence-electron chi connectivity index (χ3n) is 6.43. The molecule has 2 amide bonds. The molecule has 1 aliphatic rings. The van der Waals surface area contributed by atoms with Gasteiger partial charge in [0.2, 0.25) is 5.91 Å². The molecule has 37 heavy (non-hydrogen) atoms. The minimum absolute atomic E-state index is 0.0139. The van der Waals surface area contributed by atoms with Crippen molar-refractivity contribution in [1.82, 2.24) is 30.0 Å². The zero-order valence-electron chi connectivity index (χ0n) is 21.3. The number of carbonyl (C=O) groups excluding carboxylic acids is 2. The Bertz CT molecular complexity index is 1190. The standard InChI is InChI=1S/C26H33N7O4/c1-18-12-33(19(2)16-34)26(36)22-11-21(28-25(35)15-32-17-27-29-30-32)9-10-23(22)37-24(18)14-31(3)13-20-7-5-4-6-8-20/h4-11,17-19,24,34H,12-16H2,1-3H3,(H,28,35)/t18-,19-,24-/m0/s1. The summed E-state index contributed by atoms with van der Waals surface area (Å²) >= 11 is 0. The minimum atomic E-state index is -0.373. The molecule has 0 fully saturated rings. The lowest BCUT2D eigenvalue weighted by molar-refractivity contribution is -0.116. The Kier molecular flexibility index (Phi) is 8.47. The molecular weight excluding hydrogens is 474 g/mol. The number of tetrazole rings is 1. The predicted molar refractivity (Wildman–Crippen MR) is 137 cm³/mol. The fourth-order valence-electron chi connectivity index (χ4n) is 4.39. The fraction of sp³-hybridized carbons (Fsp3) is 0.423. The number of likely N-dealkylation sites (N-methyl/N-ethyl adjacent to an activating group) is 1. The Hall–Kier alpha value is -3.83. The second-order valence-electron chi connectivity index (χ2n) is 9.57. The number of anilines is 1. The number of aromatic nitrogens is 4. The molecule has 0 radical (unpaired) electrons. The van der Waals surface area contributed by atoms with Crippen LogP contribution in [0.1, 0.15) is 29.8 Å². The summed E-state index contributed by atoms with van der Waals surface area (Å²) in [5.41, 5.74) is 2.00. The van der Waals surface area contributed by atoms with E-state index in [-0.39, 0.29) is 43.0 Å². The van der Waals surface area contributed by atoms with E-state index in [1.165, 1.54) is 16.6 Å². The molecule has 2 aromatic carbocycles. The second-order valence-corrected chi connectivity index (χ2v) is 9.57. The SMILES string of the molecule is C[C@H]1CN([C@@H](C)CO)C(=O)c2cc(NC(=O)Cn3cnnn3)ccc2O[C@H]1CN(C)Cc1ccccc1. The number of amides is 2. The van der Waals surface area contributed by atoms with Crippen LogP contribution in [0, 0.1) is 5.92 Å². The predicted octanol–water partition coefficient (Wildman–Crippen LogP) is 1.66. The van der Waals surface area contributed by atoms with Gasteiger partial charge in [-0.3, -0.25) is 14.5 Å². The van der Waals surface area contributed by atoms with Crippen LogP contribution in [0.25, 0.3) is 0 Å². The maximum absolute atomic E-state index is 13.6. The molecule has 196 valence electrons. The molecule has 0 aliphatic carbocycles. The highest BCUT2D eigenvalue weighted by Gasteiger charge is 2.33. The molecule has 2 N–H and O–H groups in total. The molecule has 1 aromatic heterocycles. The summed E-state index contributed by atoms with van der Waals surface area (Å²) in [6, 6.07) is 14.9. The van der Waals surface area contributed by atoms with Crippen molar-refractivity contribution < 1.29 is 19.4 Å². The van der Waals surface area contributed by atoms with Gasteiger partial charge in [-0.15, -0.1) is 5.10 Å². The van der Waals surface area contributed by atoms with Crippen LogP contribution in [-0.2, 0) is 17.9 Å². The first-order valence-corrected chi connectivity index (χ1v) is 12.3. The van der Waals surface area contributed by atoms with Crippen molar-refractivity contribution in [3.8, 4) is 5.75 Å². The van der Waals surface area contributed by atoms with E-state index in [2.05, 4.69) is 44.8 Å². The van der Waals surface area contributed by atoms with Gasteiger partial charge in [-0.05, 0) is 48.2 Å². The summed E-state index contributed by atoms with van der Waals surface area (Å²) in [6.45, 7) is 5.51. The van der Waals surface area contributed by atoms with E-state index in [9.17, 15) is 14.7 Å². The van der Waals surface area contributed by atoms with E-state index in [1.54, 1.807) is 23.1 Å². The molecular formula is C26H33N7O4. The lowest BCUT2D eigenvalue weighted by Gasteiger charge is -2.38. The zero-order chi connectivity index (χ0) is 26.4. The summed E-state index contributed by atoms with van der Waals surface area (Å²) < 4.78 is 7.75. The van der Waals surface area contributed by atoms with Crippen LogP contribution >= 0.6 is 0 Å². The largest absolute Gasteiger partial charge is 0.488 e. The number of nitrogens with zero attached hydrogens (tertiary/aromatic N) is 6. The van der Waals surface area contributed by atoms with Gasteiger partial charge in [-0.1, -0.05) is 37.3 Å². The lowest BCUT2D eigenvalue weighted by Crippen LogP contribution is -2.49. The van der Waals surface area contributed by atoms with Crippen molar-refractivity contribution in [1.29, 1.82) is 0 Å². The Morgan fingerprint density at radius 1 is 1.27 bits per heavy atom. The van der Waals surface area contributed by atoms with Crippen LogP contribution in [-0.4, -0.2) is 85.8 Å². The Balaban J connectivity index is 1.57. The highest BCUT2D eigenvalue weighted by molar-refractivity contribution is 5.99. The van der Waals surface area contributed by atoms with Crippen LogP contribution in [0.4, 0.5) is 5.69 Å². The number of nitrogens with one attached hydrogen (secondary N) is 1. The normalized spacial score (nSPS) is 18.5. The number of aliphatic hydroxyl groups excluding tert-OH is 1. The third kappa shape index (κ3) is 6.69. The van der Waals surface area contributed by atoms with Gasteiger partial charge in [0.25, 0.3) is 5.91 Å². The summed E-state index contributed by atoms with van der Waals surface area (Å²) in [5.74, 6) is -0.125. The molecule has 0 bridgehead atoms. The van der Waals surface area contributed by atoms with E-state index in [1.807, 2.05) is 32.2 Å². The number of carbonyl (C=O) groups is 2. The molecule has 11 heteroatoms. The maximum atomic E-state index is 13.6. The molecule has 4 rings (SSSR count). The van der Waals surface area contributed by atoms with Crippen LogP contribution in [0.15, 0.2) is 54.9 Å². The van der Waals surface area contributed by atoms with Crippen molar-refractivity contribution >= 4 is 17.5 Å². The van der Waals surface area contributed by atoms with Crippen molar-refractivity contribution in [2.24, 2.45) is 5.92 Å². The fourth-order valence-corrected chi connectivity index (χ4v) is 4.39. The summed E-state index contributed by atoms with van der Waals surface area (Å²) in [5, 5.41) is 23.4. The van der Waals surface area contributed by atoms with Crippen LogP contribution in [0.3, 0.4) is 0 Å². The first-order valence-electron chi connectivity index (χ1n) is 12.3. The highest BCUT2D eigenvalue weighted by Crippen LogP contribution is 2.30. The maximum Gasteiger partial charge on any atom is 0.258 e. The monoisotopic (exact) mass is 507 g/mol. The van der Waals surface area contributed by atoms with Gasteiger partial charge in [0.1, 0.15) is 24.7 Å². The van der Waals surface area contributed by atoms with Crippen molar-refractivity contribution in [3.05, 3.63) is 66.0 Å². The van der Waals surface area contributed by atoms with E-state index in [0.717, 1.165) is 6.54 Å². The molecule has 11 nitrogen and oxygen atoms in total. The summed E-state index contributed by atoms with van der Waals surface area (Å²) in [6.07, 6.45) is 1.15. The Morgan fingerprint density at radius 3 is 2.76 bits per heavy atom. The average molecular weight is 508 g/mol. The number of hydrogen-bond donors (Lipinski definition) is 2. The van der Waals surface area contributed by atoms with Gasteiger partial charge in [-0.2, -0.15) is 0 Å². The molecule has 0 spiro atoms. The van der Waals surface area contributed by atoms with Crippen molar-refractivity contribution in [3.63, 3.8) is 0 Å². The zero-order valence-corrected chi connectivity index (χ0v) is 21.3. The smallest absolute Gasteiger partial charge is 0.258 e. The number of fused-ring (bicyclic) bond motifs is 1. The first kappa shape index (κ1) is 26.2. The molecule has 2 heterocycles. The number of benzene rings is 2. The molecule has 0 unspecified atom stereocenters. The Morgan fingerprint density at radius 2 is 2.05 bits per heavy atom. The van der Waals surface area contributed by atoms with Gasteiger partial charge >= 0.3 is 0 Å². The van der Waals surface area contributed by atoms with Gasteiger partial charge in [0, 0.05) is 31.2 Å². The van der Waals surface area contributed by atoms with Crippen molar-refractivity contribution in [2.75, 3.05) is 32.1 Å². The van der Waals surface area contributed by atoms with Gasteiger partial charge in [0.05, 0.1) is 18.2 Å². The highest BCUT2D eigenvalue weighted by atomic mass is 16.5. The average Bonchev–Trinajstić information content (AvgIpc) is 3.39. The molecule has 1 aliphatic heterocycles. The third-order valence-corrected chi connectivity index (χ3v) is 6.43. The first-order chi connectivity index (χ1) is 17.8. The molecule has 3 atom stereocenters. The number of hydrogen-bond acceptors (Lipinski definition) is 8. The van der Waals surface area contributed by atoms with Gasteiger partial charge < -0.3 is 20.1 Å².